The number of hydrogen-bond acceptors (Lipinski definition) is 5. The summed E-state index contributed by atoms with van der Waals surface area (Å²) in [6.45, 7) is 5.04. The van der Waals surface area contributed by atoms with Crippen LogP contribution in [0.3, 0.4) is 0 Å². The molecule has 0 saturated heterocycles. The van der Waals surface area contributed by atoms with E-state index in [9.17, 15) is 4.79 Å². The second-order valence-corrected chi connectivity index (χ2v) is 6.87. The average Bonchev–Trinajstić information content (AvgIpc) is 2.78. The van der Waals surface area contributed by atoms with Crippen LogP contribution in [0.4, 0.5) is 0 Å². The molecule has 0 atom stereocenters. The SMILES string of the molecule is CCOC(=O)CCc1ccc(OCc2cccc(Oc3ccccc3)c2)c(OCC)c1. The lowest BCUT2D eigenvalue weighted by atomic mass is 10.1. The molecule has 3 aromatic rings. The number of esters is 1. The zero-order valence-corrected chi connectivity index (χ0v) is 18.0. The molecule has 0 aliphatic rings. The summed E-state index contributed by atoms with van der Waals surface area (Å²) in [4.78, 5) is 11.6. The fourth-order valence-electron chi connectivity index (χ4n) is 3.06. The maximum Gasteiger partial charge on any atom is 0.306 e. The number of carbonyl (C=O) groups is 1. The van der Waals surface area contributed by atoms with Gasteiger partial charge in [0.05, 0.1) is 13.2 Å². The summed E-state index contributed by atoms with van der Waals surface area (Å²) < 4.78 is 22.7. The second-order valence-electron chi connectivity index (χ2n) is 6.87. The Morgan fingerprint density at radius 2 is 1.55 bits per heavy atom. The van der Waals surface area contributed by atoms with Crippen LogP contribution in [-0.4, -0.2) is 19.2 Å². The molecular formula is C26H28O5. The van der Waals surface area contributed by atoms with Crippen LogP contribution in [0.15, 0.2) is 72.8 Å². The Morgan fingerprint density at radius 3 is 2.32 bits per heavy atom. The van der Waals surface area contributed by atoms with E-state index < -0.39 is 0 Å². The quantitative estimate of drug-likeness (QED) is 0.359. The van der Waals surface area contributed by atoms with Crippen LogP contribution in [0.5, 0.6) is 23.0 Å². The standard InChI is InChI=1S/C26H28O5/c1-3-28-25-18-20(14-16-26(27)29-4-2)13-15-24(25)30-19-21-9-8-12-23(17-21)31-22-10-6-5-7-11-22/h5-13,15,17-18H,3-4,14,16,19H2,1-2H3. The lowest BCUT2D eigenvalue weighted by Gasteiger charge is -2.14. The highest BCUT2D eigenvalue weighted by molar-refractivity contribution is 5.69. The largest absolute Gasteiger partial charge is 0.490 e. The Balaban J connectivity index is 1.63. The van der Waals surface area contributed by atoms with Crippen LogP contribution in [-0.2, 0) is 22.6 Å². The molecule has 31 heavy (non-hydrogen) atoms. The molecule has 0 saturated carbocycles. The maximum absolute atomic E-state index is 11.6. The van der Waals surface area contributed by atoms with Crippen molar-refractivity contribution in [3.63, 3.8) is 0 Å². The summed E-state index contributed by atoms with van der Waals surface area (Å²) in [6.07, 6.45) is 0.936. The van der Waals surface area contributed by atoms with Crippen LogP contribution in [0.1, 0.15) is 31.4 Å². The van der Waals surface area contributed by atoms with E-state index in [2.05, 4.69) is 0 Å². The Kier molecular flexibility index (Phi) is 8.35. The highest BCUT2D eigenvalue weighted by Gasteiger charge is 2.10. The Labute approximate surface area is 183 Å². The van der Waals surface area contributed by atoms with E-state index in [0.29, 0.717) is 44.2 Å². The smallest absolute Gasteiger partial charge is 0.306 e. The van der Waals surface area contributed by atoms with Crippen molar-refractivity contribution in [3.05, 3.63) is 83.9 Å². The third-order valence-corrected chi connectivity index (χ3v) is 4.50. The van der Waals surface area contributed by atoms with E-state index in [-0.39, 0.29) is 5.97 Å². The van der Waals surface area contributed by atoms with E-state index in [1.54, 1.807) is 6.92 Å². The van der Waals surface area contributed by atoms with Gasteiger partial charge in [0.25, 0.3) is 0 Å². The molecule has 0 fully saturated rings. The van der Waals surface area contributed by atoms with Crippen LogP contribution >= 0.6 is 0 Å². The van der Waals surface area contributed by atoms with Gasteiger partial charge in [0.15, 0.2) is 11.5 Å². The van der Waals surface area contributed by atoms with Gasteiger partial charge in [-0.25, -0.2) is 0 Å². The molecule has 0 aliphatic carbocycles. The highest BCUT2D eigenvalue weighted by atomic mass is 16.5. The highest BCUT2D eigenvalue weighted by Crippen LogP contribution is 2.30. The summed E-state index contributed by atoms with van der Waals surface area (Å²) in [6, 6.07) is 23.2. The van der Waals surface area contributed by atoms with Crippen molar-refractivity contribution in [2.45, 2.75) is 33.3 Å². The van der Waals surface area contributed by atoms with Crippen molar-refractivity contribution in [2.24, 2.45) is 0 Å². The molecule has 0 radical (unpaired) electrons. The number of ether oxygens (including phenoxy) is 4. The first-order valence-corrected chi connectivity index (χ1v) is 10.5. The molecular weight excluding hydrogens is 392 g/mol. The van der Waals surface area contributed by atoms with E-state index in [1.807, 2.05) is 79.7 Å². The third kappa shape index (κ3) is 7.07. The molecule has 0 spiro atoms. The van der Waals surface area contributed by atoms with Gasteiger partial charge in [0, 0.05) is 6.42 Å². The number of benzene rings is 3. The molecule has 0 N–H and O–H groups in total. The molecule has 0 aromatic heterocycles. The van der Waals surface area contributed by atoms with Crippen LogP contribution in [0, 0.1) is 0 Å². The fraction of sp³-hybridized carbons (Fsp3) is 0.269. The average molecular weight is 421 g/mol. The lowest BCUT2D eigenvalue weighted by molar-refractivity contribution is -0.143. The van der Waals surface area contributed by atoms with Gasteiger partial charge in [0.1, 0.15) is 18.1 Å². The zero-order valence-electron chi connectivity index (χ0n) is 18.0. The normalized spacial score (nSPS) is 10.4. The van der Waals surface area contributed by atoms with Gasteiger partial charge >= 0.3 is 5.97 Å². The van der Waals surface area contributed by atoms with Gasteiger partial charge in [-0.1, -0.05) is 36.4 Å². The number of para-hydroxylation sites is 1. The third-order valence-electron chi connectivity index (χ3n) is 4.50. The molecule has 3 rings (SSSR count). The van der Waals surface area contributed by atoms with Crippen molar-refractivity contribution in [3.8, 4) is 23.0 Å². The van der Waals surface area contributed by atoms with E-state index in [0.717, 1.165) is 22.6 Å². The molecule has 0 amide bonds. The summed E-state index contributed by atoms with van der Waals surface area (Å²) in [5.41, 5.74) is 1.99. The first kappa shape index (κ1) is 22.2. The van der Waals surface area contributed by atoms with Gasteiger partial charge in [-0.05, 0) is 67.8 Å². The molecule has 0 aliphatic heterocycles. The molecule has 0 heterocycles. The van der Waals surface area contributed by atoms with Crippen LogP contribution in [0.2, 0.25) is 0 Å². The van der Waals surface area contributed by atoms with Gasteiger partial charge in [-0.15, -0.1) is 0 Å². The Morgan fingerprint density at radius 1 is 0.742 bits per heavy atom. The summed E-state index contributed by atoms with van der Waals surface area (Å²) in [5.74, 6) is 2.68. The number of aryl methyl sites for hydroxylation is 1. The first-order chi connectivity index (χ1) is 15.2. The first-order valence-electron chi connectivity index (χ1n) is 10.5. The van der Waals surface area contributed by atoms with Crippen molar-refractivity contribution >= 4 is 5.97 Å². The number of rotatable bonds is 11. The monoisotopic (exact) mass is 420 g/mol. The van der Waals surface area contributed by atoms with Gasteiger partial charge < -0.3 is 18.9 Å². The molecule has 5 nitrogen and oxygen atoms in total. The minimum Gasteiger partial charge on any atom is -0.490 e. The van der Waals surface area contributed by atoms with Crippen molar-refractivity contribution in [1.29, 1.82) is 0 Å². The van der Waals surface area contributed by atoms with Gasteiger partial charge in [0.2, 0.25) is 0 Å². The fourth-order valence-corrected chi connectivity index (χ4v) is 3.06. The topological polar surface area (TPSA) is 54.0 Å². The number of carbonyl (C=O) groups excluding carboxylic acids is 1. The van der Waals surface area contributed by atoms with Crippen LogP contribution in [0.25, 0.3) is 0 Å². The predicted octanol–water partition coefficient (Wildman–Crippen LogP) is 5.95. The Hall–Kier alpha value is -3.47. The van der Waals surface area contributed by atoms with Crippen molar-refractivity contribution < 1.29 is 23.7 Å². The second kappa shape index (κ2) is 11.6. The van der Waals surface area contributed by atoms with Gasteiger partial charge in [-0.2, -0.15) is 0 Å². The molecule has 0 unspecified atom stereocenters. The summed E-state index contributed by atoms with van der Waals surface area (Å²) >= 11 is 0. The predicted molar refractivity (Wildman–Crippen MR) is 120 cm³/mol. The minimum absolute atomic E-state index is 0.196. The summed E-state index contributed by atoms with van der Waals surface area (Å²) in [5, 5.41) is 0. The van der Waals surface area contributed by atoms with Crippen molar-refractivity contribution in [1.82, 2.24) is 0 Å². The van der Waals surface area contributed by atoms with E-state index >= 15 is 0 Å². The van der Waals surface area contributed by atoms with Crippen LogP contribution < -0.4 is 14.2 Å². The van der Waals surface area contributed by atoms with E-state index in [1.165, 1.54) is 0 Å². The lowest BCUT2D eigenvalue weighted by Crippen LogP contribution is -2.05. The summed E-state index contributed by atoms with van der Waals surface area (Å²) in [7, 11) is 0. The molecule has 5 heteroatoms. The minimum atomic E-state index is -0.196. The Bertz CT molecular complexity index is 969. The van der Waals surface area contributed by atoms with E-state index in [4.69, 9.17) is 18.9 Å². The van der Waals surface area contributed by atoms with Crippen molar-refractivity contribution in [2.75, 3.05) is 13.2 Å². The molecule has 0 bridgehead atoms. The maximum atomic E-state index is 11.6. The van der Waals surface area contributed by atoms with Gasteiger partial charge in [-0.3, -0.25) is 4.79 Å². The molecule has 3 aromatic carbocycles. The molecule has 162 valence electrons. The number of hydrogen-bond donors (Lipinski definition) is 0. The zero-order chi connectivity index (χ0) is 21.9.